The van der Waals surface area contributed by atoms with Crippen LogP contribution in [0.15, 0.2) is 59.1 Å². The lowest BCUT2D eigenvalue weighted by Crippen LogP contribution is -2.23. The van der Waals surface area contributed by atoms with E-state index in [9.17, 15) is 0 Å². The Morgan fingerprint density at radius 3 is 2.39 bits per heavy atom. The topological polar surface area (TPSA) is 26.0 Å². The maximum absolute atomic E-state index is 6.19. The molecule has 18 heavy (non-hydrogen) atoms. The summed E-state index contributed by atoms with van der Waals surface area (Å²) < 4.78 is 1.12. The molecule has 2 heteroatoms. The third-order valence-electron chi connectivity index (χ3n) is 3.03. The molecule has 0 aliphatic heterocycles. The van der Waals surface area contributed by atoms with Gasteiger partial charge in [0.15, 0.2) is 0 Å². The normalized spacial score (nSPS) is 12.3. The zero-order valence-corrected chi connectivity index (χ0v) is 11.9. The van der Waals surface area contributed by atoms with Gasteiger partial charge in [0.1, 0.15) is 0 Å². The lowest BCUT2D eigenvalue weighted by Gasteiger charge is -2.12. The maximum atomic E-state index is 6.19. The molecule has 0 aliphatic rings. The summed E-state index contributed by atoms with van der Waals surface area (Å²) in [6.07, 6.45) is 3.01. The second kappa shape index (κ2) is 6.72. The largest absolute Gasteiger partial charge is 0.327 e. The van der Waals surface area contributed by atoms with Gasteiger partial charge in [-0.1, -0.05) is 58.4 Å². The second-order valence-corrected chi connectivity index (χ2v) is 5.53. The van der Waals surface area contributed by atoms with Crippen molar-refractivity contribution < 1.29 is 0 Å². The van der Waals surface area contributed by atoms with Crippen molar-refractivity contribution in [1.29, 1.82) is 0 Å². The predicted octanol–water partition coefficient (Wildman–Crippen LogP) is 3.95. The molecule has 1 unspecified atom stereocenters. The molecule has 1 atom stereocenters. The zero-order valence-electron chi connectivity index (χ0n) is 10.4. The highest BCUT2D eigenvalue weighted by Crippen LogP contribution is 2.14. The summed E-state index contributed by atoms with van der Waals surface area (Å²) in [6.45, 7) is 0. The highest BCUT2D eigenvalue weighted by molar-refractivity contribution is 9.10. The zero-order chi connectivity index (χ0) is 12.8. The summed E-state index contributed by atoms with van der Waals surface area (Å²) in [5.74, 6) is 0. The van der Waals surface area contributed by atoms with Gasteiger partial charge in [0, 0.05) is 10.5 Å². The number of aryl methyl sites for hydroxylation is 1. The van der Waals surface area contributed by atoms with Crippen LogP contribution < -0.4 is 5.73 Å². The van der Waals surface area contributed by atoms with Crippen molar-refractivity contribution in [3.05, 3.63) is 70.2 Å². The molecular formula is C16H18BrN. The summed E-state index contributed by atoms with van der Waals surface area (Å²) in [6, 6.07) is 19.1. The Kier molecular flexibility index (Phi) is 4.97. The molecule has 0 radical (unpaired) electrons. The minimum Gasteiger partial charge on any atom is -0.327 e. The average molecular weight is 304 g/mol. The lowest BCUT2D eigenvalue weighted by atomic mass is 10.00. The fourth-order valence-corrected chi connectivity index (χ4v) is 2.51. The van der Waals surface area contributed by atoms with Gasteiger partial charge in [-0.25, -0.2) is 0 Å². The number of hydrogen-bond acceptors (Lipinski definition) is 1. The molecule has 0 amide bonds. The number of rotatable bonds is 5. The summed E-state index contributed by atoms with van der Waals surface area (Å²) in [7, 11) is 0. The van der Waals surface area contributed by atoms with E-state index >= 15 is 0 Å². The third-order valence-corrected chi connectivity index (χ3v) is 3.53. The molecule has 94 valence electrons. The van der Waals surface area contributed by atoms with Crippen LogP contribution in [0.5, 0.6) is 0 Å². The molecule has 2 N–H and O–H groups in total. The van der Waals surface area contributed by atoms with Crippen molar-refractivity contribution in [1.82, 2.24) is 0 Å². The van der Waals surface area contributed by atoms with Crippen molar-refractivity contribution in [2.75, 3.05) is 0 Å². The summed E-state index contributed by atoms with van der Waals surface area (Å²) in [5, 5.41) is 0. The second-order valence-electron chi connectivity index (χ2n) is 4.62. The lowest BCUT2D eigenvalue weighted by molar-refractivity contribution is 0.610. The van der Waals surface area contributed by atoms with Gasteiger partial charge in [0.2, 0.25) is 0 Å². The van der Waals surface area contributed by atoms with E-state index in [0.717, 1.165) is 23.7 Å². The van der Waals surface area contributed by atoms with Crippen LogP contribution in [0.4, 0.5) is 0 Å². The van der Waals surface area contributed by atoms with E-state index in [1.54, 1.807) is 0 Å². The molecule has 2 aromatic rings. The van der Waals surface area contributed by atoms with Gasteiger partial charge >= 0.3 is 0 Å². The molecule has 0 saturated carbocycles. The first-order valence-electron chi connectivity index (χ1n) is 6.28. The van der Waals surface area contributed by atoms with E-state index in [4.69, 9.17) is 5.73 Å². The van der Waals surface area contributed by atoms with E-state index in [1.807, 2.05) is 12.1 Å². The van der Waals surface area contributed by atoms with Gasteiger partial charge in [0.05, 0.1) is 0 Å². The Balaban J connectivity index is 1.84. The number of nitrogens with two attached hydrogens (primary N) is 1. The molecular weight excluding hydrogens is 286 g/mol. The summed E-state index contributed by atoms with van der Waals surface area (Å²) >= 11 is 3.49. The van der Waals surface area contributed by atoms with Crippen LogP contribution >= 0.6 is 15.9 Å². The van der Waals surface area contributed by atoms with Crippen molar-refractivity contribution >= 4 is 15.9 Å². The fourth-order valence-electron chi connectivity index (χ4n) is 2.07. The van der Waals surface area contributed by atoms with E-state index < -0.39 is 0 Å². The van der Waals surface area contributed by atoms with Crippen LogP contribution in [0.25, 0.3) is 0 Å². The highest BCUT2D eigenvalue weighted by Gasteiger charge is 2.05. The van der Waals surface area contributed by atoms with Gasteiger partial charge in [-0.2, -0.15) is 0 Å². The first-order chi connectivity index (χ1) is 8.74. The molecule has 0 heterocycles. The van der Waals surface area contributed by atoms with Gasteiger partial charge in [-0.15, -0.1) is 0 Å². The molecule has 0 fully saturated rings. The molecule has 0 spiro atoms. The van der Waals surface area contributed by atoms with Gasteiger partial charge in [-0.3, -0.25) is 0 Å². The van der Waals surface area contributed by atoms with Crippen LogP contribution in [-0.4, -0.2) is 6.04 Å². The van der Waals surface area contributed by atoms with Crippen molar-refractivity contribution in [2.45, 2.75) is 25.3 Å². The molecule has 2 aromatic carbocycles. The number of hydrogen-bond donors (Lipinski definition) is 1. The number of benzene rings is 2. The van der Waals surface area contributed by atoms with Gasteiger partial charge < -0.3 is 5.73 Å². The predicted molar refractivity (Wildman–Crippen MR) is 80.6 cm³/mol. The quantitative estimate of drug-likeness (QED) is 0.889. The van der Waals surface area contributed by atoms with Gasteiger partial charge in [-0.05, 0) is 42.5 Å². The van der Waals surface area contributed by atoms with Crippen LogP contribution in [0.3, 0.4) is 0 Å². The van der Waals surface area contributed by atoms with E-state index in [2.05, 4.69) is 58.4 Å². The van der Waals surface area contributed by atoms with Crippen LogP contribution in [0.1, 0.15) is 17.5 Å². The molecule has 0 aliphatic carbocycles. The molecule has 0 aromatic heterocycles. The summed E-state index contributed by atoms with van der Waals surface area (Å²) in [4.78, 5) is 0. The number of halogens is 1. The monoisotopic (exact) mass is 303 g/mol. The van der Waals surface area contributed by atoms with Crippen molar-refractivity contribution in [2.24, 2.45) is 5.73 Å². The van der Waals surface area contributed by atoms with Crippen molar-refractivity contribution in [3.63, 3.8) is 0 Å². The Morgan fingerprint density at radius 2 is 1.67 bits per heavy atom. The van der Waals surface area contributed by atoms with E-state index in [0.29, 0.717) is 0 Å². The van der Waals surface area contributed by atoms with E-state index in [1.165, 1.54) is 11.1 Å². The van der Waals surface area contributed by atoms with E-state index in [-0.39, 0.29) is 6.04 Å². The Labute approximate surface area is 117 Å². The Morgan fingerprint density at radius 1 is 0.944 bits per heavy atom. The highest BCUT2D eigenvalue weighted by atomic mass is 79.9. The fraction of sp³-hybridized carbons (Fsp3) is 0.250. The molecule has 1 nitrogen and oxygen atoms in total. The minimum absolute atomic E-state index is 0.222. The van der Waals surface area contributed by atoms with Gasteiger partial charge in [0.25, 0.3) is 0 Å². The smallest absolute Gasteiger partial charge is 0.0178 e. The molecule has 0 saturated heterocycles. The Bertz CT molecular complexity index is 481. The molecule has 2 rings (SSSR count). The first-order valence-corrected chi connectivity index (χ1v) is 7.07. The van der Waals surface area contributed by atoms with Crippen molar-refractivity contribution in [3.8, 4) is 0 Å². The minimum atomic E-state index is 0.222. The van der Waals surface area contributed by atoms with Crippen LogP contribution in [0, 0.1) is 0 Å². The standard InChI is InChI=1S/C16H18BrN/c17-15-8-4-7-14(11-15)12-16(18)10-9-13-5-2-1-3-6-13/h1-8,11,16H,9-10,12,18H2. The Hall–Kier alpha value is -1.12. The SMILES string of the molecule is NC(CCc1ccccc1)Cc1cccc(Br)c1. The molecule has 0 bridgehead atoms. The third kappa shape index (κ3) is 4.28. The summed E-state index contributed by atoms with van der Waals surface area (Å²) in [5.41, 5.74) is 8.85. The van der Waals surface area contributed by atoms with Crippen LogP contribution in [-0.2, 0) is 12.8 Å². The maximum Gasteiger partial charge on any atom is 0.0178 e. The first kappa shape index (κ1) is 13.3. The average Bonchev–Trinajstić information content (AvgIpc) is 2.38. The van der Waals surface area contributed by atoms with Crippen LogP contribution in [0.2, 0.25) is 0 Å².